The van der Waals surface area contributed by atoms with Crippen LogP contribution in [0.2, 0.25) is 10.0 Å². The number of nitrogens with zero attached hydrogens (tertiary/aromatic N) is 3. The van der Waals surface area contributed by atoms with Crippen LogP contribution in [-0.2, 0) is 27.4 Å². The summed E-state index contributed by atoms with van der Waals surface area (Å²) in [5, 5.41) is 21.6. The number of hydrogen-bond donors (Lipinski definition) is 1. The van der Waals surface area contributed by atoms with Crippen LogP contribution in [0.5, 0.6) is 5.75 Å². The van der Waals surface area contributed by atoms with Gasteiger partial charge in [0, 0.05) is 21.4 Å². The molecule has 11 heteroatoms. The molecule has 49 heavy (non-hydrogen) atoms. The number of halogens is 2. The van der Waals surface area contributed by atoms with E-state index in [1.54, 1.807) is 36.4 Å². The molecule has 4 aromatic carbocycles. The van der Waals surface area contributed by atoms with Gasteiger partial charge >= 0.3 is 5.91 Å². The Balaban J connectivity index is 1.32. The Hall–Kier alpha value is -4.15. The smallest absolute Gasteiger partial charge is 0.301 e. The van der Waals surface area contributed by atoms with Gasteiger partial charge in [-0.15, -0.1) is 10.2 Å². The highest BCUT2D eigenvalue weighted by Crippen LogP contribution is 2.44. The third kappa shape index (κ3) is 7.55. The fourth-order valence-corrected chi connectivity index (χ4v) is 7.87. The van der Waals surface area contributed by atoms with Gasteiger partial charge in [-0.1, -0.05) is 122 Å². The second-order valence-electron chi connectivity index (χ2n) is 12.7. The van der Waals surface area contributed by atoms with E-state index in [4.69, 9.17) is 27.9 Å². The maximum Gasteiger partial charge on any atom is 0.301 e. The Morgan fingerprint density at radius 3 is 2.33 bits per heavy atom. The van der Waals surface area contributed by atoms with Crippen LogP contribution in [0.4, 0.5) is 5.13 Å². The number of ether oxygens (including phenoxy) is 1. The van der Waals surface area contributed by atoms with Crippen LogP contribution in [0.15, 0.2) is 101 Å². The van der Waals surface area contributed by atoms with Crippen LogP contribution in [0.1, 0.15) is 60.2 Å². The highest BCUT2D eigenvalue weighted by atomic mass is 35.5. The zero-order valence-electron chi connectivity index (χ0n) is 27.2. The van der Waals surface area contributed by atoms with E-state index in [1.165, 1.54) is 28.0 Å². The van der Waals surface area contributed by atoms with Crippen LogP contribution in [0.3, 0.4) is 0 Å². The molecule has 1 amide bonds. The zero-order valence-corrected chi connectivity index (χ0v) is 30.4. The number of aromatic nitrogens is 2. The first-order valence-corrected chi connectivity index (χ1v) is 18.1. The Morgan fingerprint density at radius 1 is 0.939 bits per heavy atom. The summed E-state index contributed by atoms with van der Waals surface area (Å²) < 4.78 is 6.57. The number of aryl methyl sites for hydroxylation is 1. The summed E-state index contributed by atoms with van der Waals surface area (Å²) in [6.45, 7) is 8.75. The summed E-state index contributed by atoms with van der Waals surface area (Å²) in [5.41, 5.74) is 5.06. The minimum absolute atomic E-state index is 0.0283. The predicted octanol–water partition coefficient (Wildman–Crippen LogP) is 9.95. The van der Waals surface area contributed by atoms with Crippen molar-refractivity contribution in [2.24, 2.45) is 0 Å². The topological polar surface area (TPSA) is 92.6 Å². The summed E-state index contributed by atoms with van der Waals surface area (Å²) in [5.74, 6) is -0.773. The molecular weight excluding hydrogens is 697 g/mol. The lowest BCUT2D eigenvalue weighted by Gasteiger charge is -2.24. The van der Waals surface area contributed by atoms with Crippen LogP contribution in [-0.4, -0.2) is 27.0 Å². The first kappa shape index (κ1) is 34.7. The molecule has 0 bridgehead atoms. The van der Waals surface area contributed by atoms with Crippen molar-refractivity contribution in [3.05, 3.63) is 140 Å². The normalized spacial score (nSPS) is 16.0. The predicted molar refractivity (Wildman–Crippen MR) is 198 cm³/mol. The maximum atomic E-state index is 13.7. The van der Waals surface area contributed by atoms with E-state index in [1.807, 2.05) is 61.5 Å². The standard InChI is InChI=1S/C38H33Cl2N3O4S2/c1-22-7-5-6-8-25(22)20-47-29-17-12-24(13-18-29)33(44)31-32(23-9-14-27(15-10-23)38(2,3)4)43(35(46)34(31)45)36-41-42-37(49-36)48-21-26-11-16-28(39)19-30(26)40/h5-19,32,44H,20-21H2,1-4H3. The number of rotatable bonds is 9. The molecule has 2 heterocycles. The molecule has 1 atom stereocenters. The van der Waals surface area contributed by atoms with Gasteiger partial charge in [0.05, 0.1) is 11.6 Å². The van der Waals surface area contributed by atoms with E-state index in [9.17, 15) is 14.7 Å². The van der Waals surface area contributed by atoms with Crippen LogP contribution >= 0.6 is 46.3 Å². The van der Waals surface area contributed by atoms with Gasteiger partial charge in [0.25, 0.3) is 5.78 Å². The molecule has 1 fully saturated rings. The molecule has 6 rings (SSSR count). The van der Waals surface area contributed by atoms with E-state index in [0.29, 0.717) is 43.6 Å². The number of aliphatic hydroxyl groups is 1. The SMILES string of the molecule is Cc1ccccc1COc1ccc(C(O)=C2C(=O)C(=O)N(c3nnc(SCc4ccc(Cl)cc4Cl)s3)C2c2ccc(C(C)(C)C)cc2)cc1. The monoisotopic (exact) mass is 729 g/mol. The molecule has 1 aliphatic heterocycles. The Kier molecular flexibility index (Phi) is 10.2. The van der Waals surface area contributed by atoms with Crippen molar-refractivity contribution in [2.45, 2.75) is 55.9 Å². The Bertz CT molecular complexity index is 2050. The minimum atomic E-state index is -0.928. The van der Waals surface area contributed by atoms with Gasteiger partial charge in [-0.2, -0.15) is 0 Å². The van der Waals surface area contributed by atoms with Crippen molar-refractivity contribution in [3.63, 3.8) is 0 Å². The number of thioether (sulfide) groups is 1. The fraction of sp³-hybridized carbons (Fsp3) is 0.211. The van der Waals surface area contributed by atoms with Gasteiger partial charge in [0.15, 0.2) is 4.34 Å². The molecule has 1 saturated heterocycles. The first-order chi connectivity index (χ1) is 23.4. The lowest BCUT2D eigenvalue weighted by atomic mass is 9.85. The lowest BCUT2D eigenvalue weighted by molar-refractivity contribution is -0.132. The van der Waals surface area contributed by atoms with E-state index in [2.05, 4.69) is 31.0 Å². The molecule has 250 valence electrons. The molecule has 0 aliphatic carbocycles. The molecule has 5 aromatic rings. The number of Topliss-reactive ketones (excluding diaryl/α,β-unsaturated/α-hetero) is 1. The molecule has 0 radical (unpaired) electrons. The summed E-state index contributed by atoms with van der Waals surface area (Å²) in [6.07, 6.45) is 0. The van der Waals surface area contributed by atoms with Gasteiger partial charge in [0.1, 0.15) is 18.1 Å². The van der Waals surface area contributed by atoms with E-state index >= 15 is 0 Å². The number of aliphatic hydroxyl groups excluding tert-OH is 1. The summed E-state index contributed by atoms with van der Waals surface area (Å²) in [7, 11) is 0. The molecule has 7 nitrogen and oxygen atoms in total. The van der Waals surface area contributed by atoms with Crippen molar-refractivity contribution in [2.75, 3.05) is 4.90 Å². The van der Waals surface area contributed by atoms with Gasteiger partial charge in [-0.05, 0) is 76.6 Å². The molecule has 0 spiro atoms. The maximum absolute atomic E-state index is 13.7. The second-order valence-corrected chi connectivity index (χ2v) is 15.7. The summed E-state index contributed by atoms with van der Waals surface area (Å²) >= 11 is 15.0. The highest BCUT2D eigenvalue weighted by Gasteiger charge is 2.48. The third-order valence-corrected chi connectivity index (χ3v) is 11.0. The number of carbonyl (C=O) groups excluding carboxylic acids is 2. The quantitative estimate of drug-likeness (QED) is 0.0531. The average Bonchev–Trinajstić information content (AvgIpc) is 3.65. The van der Waals surface area contributed by atoms with Gasteiger partial charge in [-0.25, -0.2) is 0 Å². The number of ketones is 1. The minimum Gasteiger partial charge on any atom is -0.507 e. The number of anilines is 1. The van der Waals surface area contributed by atoms with Crippen molar-refractivity contribution in [1.29, 1.82) is 0 Å². The highest BCUT2D eigenvalue weighted by molar-refractivity contribution is 8.00. The molecule has 1 N–H and O–H groups in total. The molecule has 1 aromatic heterocycles. The van der Waals surface area contributed by atoms with E-state index < -0.39 is 17.7 Å². The summed E-state index contributed by atoms with van der Waals surface area (Å²) in [6, 6.07) is 26.9. The van der Waals surface area contributed by atoms with Crippen molar-refractivity contribution < 1.29 is 19.4 Å². The number of amides is 1. The molecule has 0 saturated carbocycles. The number of carbonyl (C=O) groups is 2. The fourth-order valence-electron chi connectivity index (χ4n) is 5.44. The Labute approximate surface area is 303 Å². The lowest BCUT2D eigenvalue weighted by Crippen LogP contribution is -2.29. The average molecular weight is 731 g/mol. The first-order valence-electron chi connectivity index (χ1n) is 15.5. The second kappa shape index (κ2) is 14.4. The van der Waals surface area contributed by atoms with Crippen molar-refractivity contribution in [3.8, 4) is 5.75 Å². The largest absolute Gasteiger partial charge is 0.507 e. The number of benzene rings is 4. The Morgan fingerprint density at radius 2 is 1.65 bits per heavy atom. The molecule has 1 aliphatic rings. The number of hydrogen-bond acceptors (Lipinski definition) is 8. The van der Waals surface area contributed by atoms with Crippen LogP contribution in [0.25, 0.3) is 5.76 Å². The van der Waals surface area contributed by atoms with Gasteiger partial charge in [-0.3, -0.25) is 14.5 Å². The van der Waals surface area contributed by atoms with Gasteiger partial charge in [0.2, 0.25) is 5.13 Å². The zero-order chi connectivity index (χ0) is 34.9. The molecular formula is C38H33Cl2N3O4S2. The van der Waals surface area contributed by atoms with Crippen molar-refractivity contribution >= 4 is 68.9 Å². The van der Waals surface area contributed by atoms with E-state index in [-0.39, 0.29) is 21.9 Å². The van der Waals surface area contributed by atoms with Crippen molar-refractivity contribution in [1.82, 2.24) is 10.2 Å². The molecule has 1 unspecified atom stereocenters. The third-order valence-electron chi connectivity index (χ3n) is 8.29. The van der Waals surface area contributed by atoms with Crippen LogP contribution in [0, 0.1) is 6.92 Å². The van der Waals surface area contributed by atoms with E-state index in [0.717, 1.165) is 22.3 Å². The summed E-state index contributed by atoms with van der Waals surface area (Å²) in [4.78, 5) is 28.8. The van der Waals surface area contributed by atoms with Crippen LogP contribution < -0.4 is 9.64 Å². The van der Waals surface area contributed by atoms with Gasteiger partial charge < -0.3 is 9.84 Å².